The number of hydrogen-bond acceptors (Lipinski definition) is 8. The molecule has 4 N–H and O–H groups in total. The second-order valence-electron chi connectivity index (χ2n) is 6.21. The minimum atomic E-state index is -0.132. The van der Waals surface area contributed by atoms with E-state index < -0.39 is 0 Å². The maximum absolute atomic E-state index is 7.53. The van der Waals surface area contributed by atoms with E-state index in [1.807, 2.05) is 29.7 Å². The van der Waals surface area contributed by atoms with Crippen LogP contribution in [0.25, 0.3) is 11.2 Å². The molecule has 0 aromatic carbocycles. The molecule has 29 heavy (non-hydrogen) atoms. The van der Waals surface area contributed by atoms with Crippen LogP contribution < -0.4 is 10.8 Å². The van der Waals surface area contributed by atoms with E-state index in [1.54, 1.807) is 13.3 Å². The van der Waals surface area contributed by atoms with Crippen molar-refractivity contribution in [3.8, 4) is 0 Å². The number of anilines is 1. The molecule has 0 saturated carbocycles. The third-order valence-electron chi connectivity index (χ3n) is 4.31. The predicted octanol–water partition coefficient (Wildman–Crippen LogP) is 1.98. The topological polar surface area (TPSA) is 138 Å². The van der Waals surface area contributed by atoms with E-state index >= 15 is 0 Å². The average molecular weight is 392 g/mol. The summed E-state index contributed by atoms with van der Waals surface area (Å²) in [4.78, 5) is 16.8. The van der Waals surface area contributed by atoms with Gasteiger partial charge in [-0.2, -0.15) is 5.53 Å². The fourth-order valence-corrected chi connectivity index (χ4v) is 2.84. The summed E-state index contributed by atoms with van der Waals surface area (Å²) in [6.07, 6.45) is 7.84. The first-order valence-corrected chi connectivity index (χ1v) is 8.77. The smallest absolute Gasteiger partial charge is 0.261 e. The summed E-state index contributed by atoms with van der Waals surface area (Å²) < 4.78 is 7.22. The number of nitrogens with zero attached hydrogens (tertiary/aromatic N) is 6. The molecule has 0 fully saturated rings. The summed E-state index contributed by atoms with van der Waals surface area (Å²) in [5.41, 5.74) is 9.18. The number of methoxy groups -OCH3 is 1. The summed E-state index contributed by atoms with van der Waals surface area (Å²) in [6.45, 7) is 5.86. The Balaban J connectivity index is 1.94. The van der Waals surface area contributed by atoms with Crippen LogP contribution in [0.4, 0.5) is 11.6 Å². The minimum Gasteiger partial charge on any atom is -0.378 e. The summed E-state index contributed by atoms with van der Waals surface area (Å²) in [7, 11) is 1.65. The van der Waals surface area contributed by atoms with Crippen LogP contribution in [-0.4, -0.2) is 39.4 Å². The number of hydrogen-bond donors (Lipinski definition) is 3. The van der Waals surface area contributed by atoms with Crippen LogP contribution in [0.1, 0.15) is 29.9 Å². The lowest BCUT2D eigenvalue weighted by Crippen LogP contribution is -2.23. The predicted molar refractivity (Wildman–Crippen MR) is 110 cm³/mol. The zero-order valence-corrected chi connectivity index (χ0v) is 16.2. The van der Waals surface area contributed by atoms with Crippen LogP contribution in [0.2, 0.25) is 0 Å². The molecule has 10 nitrogen and oxygen atoms in total. The number of nitrogens with two attached hydrogens (primary N) is 1. The van der Waals surface area contributed by atoms with Gasteiger partial charge in [0.2, 0.25) is 0 Å². The third kappa shape index (κ3) is 4.22. The Bertz CT molecular complexity index is 1090. The summed E-state index contributed by atoms with van der Waals surface area (Å²) in [5.74, 6) is 0.664. The maximum Gasteiger partial charge on any atom is 0.261 e. The lowest BCUT2D eigenvalue weighted by Gasteiger charge is -2.16. The number of fused-ring (bicyclic) bond motifs is 1. The van der Waals surface area contributed by atoms with E-state index in [9.17, 15) is 0 Å². The fourth-order valence-electron chi connectivity index (χ4n) is 2.84. The van der Waals surface area contributed by atoms with Gasteiger partial charge in [0.15, 0.2) is 5.82 Å². The van der Waals surface area contributed by atoms with Crippen molar-refractivity contribution in [3.05, 3.63) is 53.9 Å². The Morgan fingerprint density at radius 1 is 1.41 bits per heavy atom. The van der Waals surface area contributed by atoms with Gasteiger partial charge in [0.1, 0.15) is 5.65 Å². The van der Waals surface area contributed by atoms with Crippen LogP contribution in [0.3, 0.4) is 0 Å². The molecule has 0 spiro atoms. The molecule has 0 amide bonds. The van der Waals surface area contributed by atoms with E-state index in [0.29, 0.717) is 23.7 Å². The molecule has 0 saturated heterocycles. The van der Waals surface area contributed by atoms with Crippen LogP contribution in [0.15, 0.2) is 47.0 Å². The second kappa shape index (κ2) is 8.93. The lowest BCUT2D eigenvalue weighted by atomic mass is 10.1. The largest absolute Gasteiger partial charge is 0.378 e. The second-order valence-corrected chi connectivity index (χ2v) is 6.21. The standard InChI is InChI=1S/C19H21N9O/c1-12(13-4-5-17-23-8-15(11-29-3)28(17)10-13)25-19-18(27-21)24-9-16(26-19)14(6-20)7-22-2/h4-10,12,20-21H,2,11H2,1,3H3,(H,25,26)/p+1/b14-7+,20-6?,27-21?/t12-/m1/s1. The molecule has 148 valence electrons. The van der Waals surface area contributed by atoms with Gasteiger partial charge in [0.05, 0.1) is 36.4 Å². The fraction of sp³-hybridized carbons (Fsp3) is 0.211. The number of aromatic nitrogens is 4. The number of pyridine rings is 1. The maximum atomic E-state index is 7.53. The molecule has 0 radical (unpaired) electrons. The van der Waals surface area contributed by atoms with Gasteiger partial charge < -0.3 is 19.9 Å². The van der Waals surface area contributed by atoms with Gasteiger partial charge in [-0.25, -0.2) is 15.0 Å². The highest BCUT2D eigenvalue weighted by atomic mass is 16.5. The molecule has 0 aliphatic rings. The van der Waals surface area contributed by atoms with Crippen LogP contribution in [-0.2, 0) is 11.3 Å². The molecular formula is C19H22N9O+. The molecule has 0 aliphatic carbocycles. The van der Waals surface area contributed by atoms with Gasteiger partial charge in [0.25, 0.3) is 5.82 Å². The molecular weight excluding hydrogens is 370 g/mol. The summed E-state index contributed by atoms with van der Waals surface area (Å²) in [6, 6.07) is 3.79. The third-order valence-corrected chi connectivity index (χ3v) is 4.31. The van der Waals surface area contributed by atoms with Gasteiger partial charge >= 0.3 is 0 Å². The highest BCUT2D eigenvalue weighted by molar-refractivity contribution is 6.07. The number of allylic oxidation sites excluding steroid dienone is 1. The van der Waals surface area contributed by atoms with Gasteiger partial charge in [-0.1, -0.05) is 6.07 Å². The van der Waals surface area contributed by atoms with Gasteiger partial charge in [-0.3, -0.25) is 4.99 Å². The highest BCUT2D eigenvalue weighted by Crippen LogP contribution is 2.26. The molecule has 0 aliphatic heterocycles. The number of aliphatic imine (C=N–C) groups is 1. The first-order valence-electron chi connectivity index (χ1n) is 8.77. The quantitative estimate of drug-likeness (QED) is 0.377. The number of ether oxygens (including phenoxy) is 1. The zero-order chi connectivity index (χ0) is 20.8. The molecule has 3 aromatic rings. The van der Waals surface area contributed by atoms with Crippen molar-refractivity contribution < 1.29 is 10.3 Å². The molecule has 3 aromatic heterocycles. The Kier molecular flexibility index (Phi) is 6.15. The van der Waals surface area contributed by atoms with Gasteiger partial charge in [-0.05, 0) is 25.3 Å². The Morgan fingerprint density at radius 2 is 2.24 bits per heavy atom. The summed E-state index contributed by atoms with van der Waals surface area (Å²) in [5, 5.41) is 14.5. The van der Waals surface area contributed by atoms with E-state index in [1.165, 1.54) is 12.4 Å². The molecule has 10 heteroatoms. The molecule has 1 atom stereocenters. The zero-order valence-electron chi connectivity index (χ0n) is 16.2. The monoisotopic (exact) mass is 392 g/mol. The van der Waals surface area contributed by atoms with E-state index in [-0.39, 0.29) is 11.9 Å². The molecule has 0 bridgehead atoms. The summed E-state index contributed by atoms with van der Waals surface area (Å²) >= 11 is 0. The highest BCUT2D eigenvalue weighted by Gasteiger charge is 2.15. The number of rotatable bonds is 9. The molecule has 0 unspecified atom stereocenters. The van der Waals surface area contributed by atoms with Crippen molar-refractivity contribution in [1.29, 1.82) is 5.41 Å². The van der Waals surface area contributed by atoms with Crippen LogP contribution in [0, 0.1) is 5.41 Å². The van der Waals surface area contributed by atoms with Gasteiger partial charge in [0, 0.05) is 36.4 Å². The van der Waals surface area contributed by atoms with E-state index in [2.05, 4.69) is 37.1 Å². The normalized spacial score (nSPS) is 12.6. The SMILES string of the molecule is C=N/C=C(\C=N)c1cnc(N=[NH2+])c(N[C@H](C)c2ccc3ncc(COC)n3c2)n1. The Labute approximate surface area is 167 Å². The molecule has 3 rings (SSSR count). The first kappa shape index (κ1) is 20.0. The van der Waals surface area contributed by atoms with Crippen molar-refractivity contribution in [3.63, 3.8) is 0 Å². The van der Waals surface area contributed by atoms with Crippen LogP contribution in [0.5, 0.6) is 0 Å². The Morgan fingerprint density at radius 3 is 2.93 bits per heavy atom. The van der Waals surface area contributed by atoms with E-state index in [0.717, 1.165) is 23.1 Å². The van der Waals surface area contributed by atoms with Crippen molar-refractivity contribution >= 4 is 35.8 Å². The van der Waals surface area contributed by atoms with Crippen molar-refractivity contribution in [2.24, 2.45) is 10.1 Å². The lowest BCUT2D eigenvalue weighted by molar-refractivity contribution is -0.210. The van der Waals surface area contributed by atoms with Crippen molar-refractivity contribution in [2.75, 3.05) is 12.4 Å². The average Bonchev–Trinajstić information content (AvgIpc) is 3.14. The Hall–Kier alpha value is -3.79. The number of imidazole rings is 1. The van der Waals surface area contributed by atoms with E-state index in [4.69, 9.17) is 15.7 Å². The van der Waals surface area contributed by atoms with Gasteiger partial charge in [-0.15, -0.1) is 0 Å². The van der Waals surface area contributed by atoms with Crippen molar-refractivity contribution in [2.45, 2.75) is 19.6 Å². The minimum absolute atomic E-state index is 0.132. The first-order chi connectivity index (χ1) is 14.1. The molecule has 3 heterocycles. The number of nitrogens with one attached hydrogen (secondary N) is 2. The van der Waals surface area contributed by atoms with Crippen LogP contribution >= 0.6 is 0 Å². The van der Waals surface area contributed by atoms with Crippen molar-refractivity contribution in [1.82, 2.24) is 19.4 Å².